The lowest BCUT2D eigenvalue weighted by Crippen LogP contribution is -2.40. The molecule has 0 spiro atoms. The molecule has 0 aliphatic heterocycles. The Morgan fingerprint density at radius 1 is 1.09 bits per heavy atom. The van der Waals surface area contributed by atoms with Gasteiger partial charge in [-0.25, -0.2) is 0 Å². The van der Waals surface area contributed by atoms with Crippen molar-refractivity contribution >= 4 is 5.96 Å². The molecule has 0 bridgehead atoms. The highest BCUT2D eigenvalue weighted by Gasteiger charge is 2.36. The molecule has 5 nitrogen and oxygen atoms in total. The van der Waals surface area contributed by atoms with Gasteiger partial charge in [0.1, 0.15) is 0 Å². The summed E-state index contributed by atoms with van der Waals surface area (Å²) < 4.78 is 10.8. The molecular formula is C18H37N3O2. The van der Waals surface area contributed by atoms with Crippen LogP contribution in [0.3, 0.4) is 0 Å². The van der Waals surface area contributed by atoms with Gasteiger partial charge in [-0.3, -0.25) is 4.99 Å². The van der Waals surface area contributed by atoms with Gasteiger partial charge in [-0.15, -0.1) is 0 Å². The van der Waals surface area contributed by atoms with Crippen LogP contribution < -0.4 is 10.6 Å². The summed E-state index contributed by atoms with van der Waals surface area (Å²) in [6, 6.07) is 0. The molecule has 0 heterocycles. The molecule has 1 saturated carbocycles. The molecule has 1 rings (SSSR count). The Hall–Kier alpha value is -0.810. The zero-order valence-electron chi connectivity index (χ0n) is 15.5. The molecule has 0 aromatic rings. The Balaban J connectivity index is 2.26. The first-order valence-electron chi connectivity index (χ1n) is 9.35. The third kappa shape index (κ3) is 8.56. The van der Waals surface area contributed by atoms with E-state index in [4.69, 9.17) is 14.5 Å². The van der Waals surface area contributed by atoms with E-state index in [0.29, 0.717) is 5.41 Å². The van der Waals surface area contributed by atoms with Crippen molar-refractivity contribution in [2.75, 3.05) is 46.6 Å². The van der Waals surface area contributed by atoms with Crippen molar-refractivity contribution in [3.63, 3.8) is 0 Å². The summed E-state index contributed by atoms with van der Waals surface area (Å²) in [5.41, 5.74) is 0.377. The van der Waals surface area contributed by atoms with Gasteiger partial charge in [0.05, 0.1) is 0 Å². The number of guanidine groups is 1. The second kappa shape index (κ2) is 12.6. The van der Waals surface area contributed by atoms with Crippen LogP contribution in [0, 0.1) is 5.41 Å². The maximum absolute atomic E-state index is 5.59. The van der Waals surface area contributed by atoms with Crippen LogP contribution in [0.25, 0.3) is 0 Å². The standard InChI is InChI=1S/C18H37N3O2/c1-4-6-13-23-14-8-12-20-17(19-5-2)21-16-18(9-7-10-18)11-15-22-3/h4-16H2,1-3H3,(H2,19,20,21). The third-order valence-electron chi connectivity index (χ3n) is 4.57. The summed E-state index contributed by atoms with van der Waals surface area (Å²) in [6.07, 6.45) is 8.38. The topological polar surface area (TPSA) is 54.9 Å². The molecular weight excluding hydrogens is 290 g/mol. The number of nitrogens with one attached hydrogen (secondary N) is 2. The smallest absolute Gasteiger partial charge is 0.191 e. The van der Waals surface area contributed by atoms with Crippen molar-refractivity contribution in [2.45, 2.75) is 58.8 Å². The molecule has 1 aliphatic rings. The van der Waals surface area contributed by atoms with E-state index in [1.165, 1.54) is 25.7 Å². The fraction of sp³-hybridized carbons (Fsp3) is 0.944. The van der Waals surface area contributed by atoms with E-state index >= 15 is 0 Å². The molecule has 0 aromatic carbocycles. The minimum absolute atomic E-state index is 0.377. The van der Waals surface area contributed by atoms with Crippen LogP contribution in [0.5, 0.6) is 0 Å². The number of rotatable bonds is 13. The van der Waals surface area contributed by atoms with E-state index in [1.54, 1.807) is 7.11 Å². The number of hydrogen-bond donors (Lipinski definition) is 2. The number of aliphatic imine (C=N–C) groups is 1. The summed E-state index contributed by atoms with van der Waals surface area (Å²) in [6.45, 7) is 9.54. The highest BCUT2D eigenvalue weighted by Crippen LogP contribution is 2.44. The molecule has 136 valence electrons. The van der Waals surface area contributed by atoms with E-state index in [0.717, 1.165) is 64.7 Å². The molecule has 5 heteroatoms. The lowest BCUT2D eigenvalue weighted by Gasteiger charge is -2.40. The van der Waals surface area contributed by atoms with Crippen LogP contribution in [0.15, 0.2) is 4.99 Å². The van der Waals surface area contributed by atoms with Crippen LogP contribution >= 0.6 is 0 Å². The molecule has 0 atom stereocenters. The molecule has 0 unspecified atom stereocenters. The summed E-state index contributed by atoms with van der Waals surface area (Å²) >= 11 is 0. The maximum Gasteiger partial charge on any atom is 0.191 e. The monoisotopic (exact) mass is 327 g/mol. The lowest BCUT2D eigenvalue weighted by molar-refractivity contribution is 0.0778. The molecule has 0 amide bonds. The van der Waals surface area contributed by atoms with Gasteiger partial charge >= 0.3 is 0 Å². The highest BCUT2D eigenvalue weighted by atomic mass is 16.5. The van der Waals surface area contributed by atoms with Gasteiger partial charge in [0.15, 0.2) is 5.96 Å². The Kier molecular flexibility index (Phi) is 11.1. The summed E-state index contributed by atoms with van der Waals surface area (Å²) in [5.74, 6) is 0.935. The second-order valence-electron chi connectivity index (χ2n) is 6.54. The molecule has 1 aliphatic carbocycles. The second-order valence-corrected chi connectivity index (χ2v) is 6.54. The Labute approximate surface area is 142 Å². The Morgan fingerprint density at radius 3 is 2.48 bits per heavy atom. The summed E-state index contributed by atoms with van der Waals surface area (Å²) in [4.78, 5) is 4.81. The molecule has 0 aromatic heterocycles. The van der Waals surface area contributed by atoms with E-state index in [9.17, 15) is 0 Å². The first-order valence-corrected chi connectivity index (χ1v) is 9.35. The quantitative estimate of drug-likeness (QED) is 0.310. The molecule has 2 N–H and O–H groups in total. The van der Waals surface area contributed by atoms with Gasteiger partial charge in [-0.1, -0.05) is 19.8 Å². The van der Waals surface area contributed by atoms with Crippen LogP contribution in [0.1, 0.15) is 58.8 Å². The largest absolute Gasteiger partial charge is 0.385 e. The van der Waals surface area contributed by atoms with Gasteiger partial charge in [0, 0.05) is 46.6 Å². The maximum atomic E-state index is 5.59. The molecule has 0 saturated heterocycles. The summed E-state index contributed by atoms with van der Waals surface area (Å²) in [7, 11) is 1.78. The average molecular weight is 328 g/mol. The van der Waals surface area contributed by atoms with Crippen LogP contribution in [-0.2, 0) is 9.47 Å². The first-order chi connectivity index (χ1) is 11.3. The number of methoxy groups -OCH3 is 1. The van der Waals surface area contributed by atoms with E-state index in [1.807, 2.05) is 0 Å². The highest BCUT2D eigenvalue weighted by molar-refractivity contribution is 5.79. The van der Waals surface area contributed by atoms with E-state index < -0.39 is 0 Å². The first kappa shape index (κ1) is 20.2. The van der Waals surface area contributed by atoms with Crippen molar-refractivity contribution in [1.82, 2.24) is 10.6 Å². The van der Waals surface area contributed by atoms with Crippen molar-refractivity contribution < 1.29 is 9.47 Å². The van der Waals surface area contributed by atoms with Gasteiger partial charge in [0.25, 0.3) is 0 Å². The van der Waals surface area contributed by atoms with Gasteiger partial charge in [-0.2, -0.15) is 0 Å². The average Bonchev–Trinajstić information content (AvgIpc) is 2.52. The van der Waals surface area contributed by atoms with Crippen molar-refractivity contribution in [3.05, 3.63) is 0 Å². The Morgan fingerprint density at radius 2 is 1.87 bits per heavy atom. The number of unbranched alkanes of at least 4 members (excludes halogenated alkanes) is 1. The minimum Gasteiger partial charge on any atom is -0.385 e. The van der Waals surface area contributed by atoms with E-state index in [2.05, 4.69) is 24.5 Å². The zero-order valence-corrected chi connectivity index (χ0v) is 15.5. The third-order valence-corrected chi connectivity index (χ3v) is 4.57. The van der Waals surface area contributed by atoms with Crippen LogP contribution in [0.2, 0.25) is 0 Å². The van der Waals surface area contributed by atoms with Crippen molar-refractivity contribution in [3.8, 4) is 0 Å². The van der Waals surface area contributed by atoms with E-state index in [-0.39, 0.29) is 0 Å². The lowest BCUT2D eigenvalue weighted by atomic mass is 9.67. The van der Waals surface area contributed by atoms with Crippen LogP contribution in [0.4, 0.5) is 0 Å². The van der Waals surface area contributed by atoms with Crippen molar-refractivity contribution in [1.29, 1.82) is 0 Å². The number of ether oxygens (including phenoxy) is 2. The van der Waals surface area contributed by atoms with Gasteiger partial charge in [-0.05, 0) is 44.4 Å². The fourth-order valence-corrected chi connectivity index (χ4v) is 2.80. The van der Waals surface area contributed by atoms with Crippen molar-refractivity contribution in [2.24, 2.45) is 10.4 Å². The zero-order chi connectivity index (χ0) is 16.8. The summed E-state index contributed by atoms with van der Waals surface area (Å²) in [5, 5.41) is 6.75. The predicted molar refractivity (Wildman–Crippen MR) is 97.1 cm³/mol. The van der Waals surface area contributed by atoms with Crippen LogP contribution in [-0.4, -0.2) is 52.5 Å². The molecule has 1 fully saturated rings. The molecule has 0 radical (unpaired) electrons. The Bertz CT molecular complexity index is 317. The molecule has 23 heavy (non-hydrogen) atoms. The number of nitrogens with zero attached hydrogens (tertiary/aromatic N) is 1. The fourth-order valence-electron chi connectivity index (χ4n) is 2.80. The van der Waals surface area contributed by atoms with Gasteiger partial charge < -0.3 is 20.1 Å². The van der Waals surface area contributed by atoms with Gasteiger partial charge in [0.2, 0.25) is 0 Å². The normalized spacial score (nSPS) is 16.9. The SMILES string of the molecule is CCCCOCCCNC(=NCC1(CCOC)CCC1)NCC. The number of hydrogen-bond acceptors (Lipinski definition) is 3. The predicted octanol–water partition coefficient (Wildman–Crippen LogP) is 2.96. The minimum atomic E-state index is 0.377.